The van der Waals surface area contributed by atoms with Gasteiger partial charge < -0.3 is 15.5 Å². The molecule has 1 amide bonds. The van der Waals surface area contributed by atoms with Crippen molar-refractivity contribution in [3.63, 3.8) is 0 Å². The zero-order valence-corrected chi connectivity index (χ0v) is 12.8. The number of hydrogen-bond acceptors (Lipinski definition) is 2. The molecule has 1 aliphatic rings. The summed E-state index contributed by atoms with van der Waals surface area (Å²) in [6, 6.07) is 0. The lowest BCUT2D eigenvalue weighted by Crippen LogP contribution is -2.42. The van der Waals surface area contributed by atoms with E-state index in [0.717, 1.165) is 38.8 Å². The molecule has 5 nitrogen and oxygen atoms in total. The van der Waals surface area contributed by atoms with Crippen LogP contribution in [0, 0.1) is 5.41 Å². The van der Waals surface area contributed by atoms with Gasteiger partial charge in [0.25, 0.3) is 0 Å². The molecule has 0 radical (unpaired) electrons. The Morgan fingerprint density at radius 3 is 2.16 bits per heavy atom. The van der Waals surface area contributed by atoms with Gasteiger partial charge in [0, 0.05) is 27.2 Å². The highest BCUT2D eigenvalue weighted by atomic mass is 16.2. The van der Waals surface area contributed by atoms with Gasteiger partial charge in [-0.05, 0) is 26.7 Å². The largest absolute Gasteiger partial charge is 0.370 e. The van der Waals surface area contributed by atoms with Crippen LogP contribution in [0.25, 0.3) is 0 Å². The van der Waals surface area contributed by atoms with Crippen LogP contribution in [0.15, 0.2) is 4.99 Å². The van der Waals surface area contributed by atoms with Crippen LogP contribution >= 0.6 is 0 Å². The number of nitrogens with zero attached hydrogens (tertiary/aromatic N) is 3. The van der Waals surface area contributed by atoms with Crippen molar-refractivity contribution >= 4 is 11.9 Å². The van der Waals surface area contributed by atoms with Crippen molar-refractivity contribution in [1.82, 2.24) is 9.80 Å². The first-order chi connectivity index (χ1) is 8.96. The predicted octanol–water partition coefficient (Wildman–Crippen LogP) is 1.29. The second-order valence-corrected chi connectivity index (χ2v) is 5.53. The molecule has 0 aliphatic heterocycles. The van der Waals surface area contributed by atoms with Crippen LogP contribution in [-0.4, -0.2) is 55.4 Å². The molecule has 0 unspecified atom stereocenters. The molecule has 19 heavy (non-hydrogen) atoms. The maximum Gasteiger partial charge on any atom is 0.230 e. The average Bonchev–Trinajstić information content (AvgIpc) is 2.86. The predicted molar refractivity (Wildman–Crippen MR) is 79.0 cm³/mol. The Morgan fingerprint density at radius 1 is 1.21 bits per heavy atom. The molecule has 0 atom stereocenters. The van der Waals surface area contributed by atoms with Crippen molar-refractivity contribution in [3.8, 4) is 0 Å². The maximum absolute atomic E-state index is 12.4. The Bertz CT molecular complexity index is 328. The van der Waals surface area contributed by atoms with Crippen LogP contribution in [0.4, 0.5) is 0 Å². The summed E-state index contributed by atoms with van der Waals surface area (Å²) in [5, 5.41) is 0. The minimum absolute atomic E-state index is 0.195. The van der Waals surface area contributed by atoms with Crippen molar-refractivity contribution in [2.75, 3.05) is 33.7 Å². The first-order valence-corrected chi connectivity index (χ1v) is 7.23. The maximum atomic E-state index is 12.4. The van der Waals surface area contributed by atoms with Gasteiger partial charge in [-0.3, -0.25) is 9.79 Å². The summed E-state index contributed by atoms with van der Waals surface area (Å²) in [5.74, 6) is 0.754. The molecule has 2 N–H and O–H groups in total. The summed E-state index contributed by atoms with van der Waals surface area (Å²) in [6.07, 6.45) is 4.08. The standard InChI is InChI=1S/C14H28N4O/c1-5-18(6-2)13(15)16-11-14(9-7-8-10-14)12(19)17(3)4/h5-11H2,1-4H3,(H2,15,16). The van der Waals surface area contributed by atoms with E-state index in [0.29, 0.717) is 12.5 Å². The van der Waals surface area contributed by atoms with E-state index in [1.165, 1.54) is 0 Å². The van der Waals surface area contributed by atoms with Crippen molar-refractivity contribution in [2.45, 2.75) is 39.5 Å². The zero-order chi connectivity index (χ0) is 14.5. The summed E-state index contributed by atoms with van der Waals surface area (Å²) in [5.41, 5.74) is 5.69. The lowest BCUT2D eigenvalue weighted by molar-refractivity contribution is -0.138. The normalized spacial score (nSPS) is 18.4. The van der Waals surface area contributed by atoms with E-state index in [1.54, 1.807) is 4.90 Å². The molecule has 1 saturated carbocycles. The van der Waals surface area contributed by atoms with Crippen molar-refractivity contribution in [1.29, 1.82) is 0 Å². The first kappa shape index (κ1) is 15.8. The van der Waals surface area contributed by atoms with E-state index < -0.39 is 0 Å². The molecule has 0 aromatic rings. The number of guanidine groups is 1. The van der Waals surface area contributed by atoms with Gasteiger partial charge in [-0.2, -0.15) is 0 Å². The first-order valence-electron chi connectivity index (χ1n) is 7.23. The number of carbonyl (C=O) groups excluding carboxylic acids is 1. The lowest BCUT2D eigenvalue weighted by Gasteiger charge is -2.30. The fourth-order valence-electron chi connectivity index (χ4n) is 2.85. The van der Waals surface area contributed by atoms with Crippen molar-refractivity contribution in [2.24, 2.45) is 16.1 Å². The molecule has 0 spiro atoms. The highest BCUT2D eigenvalue weighted by molar-refractivity contribution is 5.84. The third-order valence-electron chi connectivity index (χ3n) is 4.05. The number of carbonyl (C=O) groups is 1. The SMILES string of the molecule is CCN(CC)C(N)=NCC1(C(=O)N(C)C)CCCC1. The van der Waals surface area contributed by atoms with Gasteiger partial charge in [-0.15, -0.1) is 0 Å². The summed E-state index contributed by atoms with van der Waals surface area (Å²) in [4.78, 5) is 20.6. The monoisotopic (exact) mass is 268 g/mol. The molecular weight excluding hydrogens is 240 g/mol. The summed E-state index contributed by atoms with van der Waals surface area (Å²) >= 11 is 0. The number of hydrogen-bond donors (Lipinski definition) is 1. The van der Waals surface area contributed by atoms with Crippen LogP contribution in [-0.2, 0) is 4.79 Å². The summed E-state index contributed by atoms with van der Waals surface area (Å²) in [7, 11) is 3.64. The van der Waals surface area contributed by atoms with Crippen molar-refractivity contribution in [3.05, 3.63) is 0 Å². The second kappa shape index (κ2) is 6.78. The number of aliphatic imine (C=N–C) groups is 1. The fourth-order valence-corrected chi connectivity index (χ4v) is 2.85. The van der Waals surface area contributed by atoms with E-state index in [-0.39, 0.29) is 11.3 Å². The van der Waals surface area contributed by atoms with E-state index in [4.69, 9.17) is 5.73 Å². The van der Waals surface area contributed by atoms with Crippen LogP contribution in [0.2, 0.25) is 0 Å². The van der Waals surface area contributed by atoms with Crippen LogP contribution in [0.3, 0.4) is 0 Å². The molecule has 0 aromatic carbocycles. The number of amides is 1. The Kier molecular flexibility index (Phi) is 5.63. The molecular formula is C14H28N4O. The van der Waals surface area contributed by atoms with Gasteiger partial charge in [0.1, 0.15) is 0 Å². The van der Waals surface area contributed by atoms with Gasteiger partial charge in [-0.1, -0.05) is 12.8 Å². The summed E-state index contributed by atoms with van der Waals surface area (Å²) < 4.78 is 0. The van der Waals surface area contributed by atoms with E-state index in [2.05, 4.69) is 18.8 Å². The van der Waals surface area contributed by atoms with Crippen LogP contribution < -0.4 is 5.73 Å². The fraction of sp³-hybridized carbons (Fsp3) is 0.857. The zero-order valence-electron chi connectivity index (χ0n) is 12.8. The molecule has 1 aliphatic carbocycles. The molecule has 0 bridgehead atoms. The third-order valence-corrected chi connectivity index (χ3v) is 4.05. The lowest BCUT2D eigenvalue weighted by atomic mass is 9.85. The van der Waals surface area contributed by atoms with Gasteiger partial charge in [0.15, 0.2) is 5.96 Å². The summed E-state index contributed by atoms with van der Waals surface area (Å²) in [6.45, 7) is 6.33. The second-order valence-electron chi connectivity index (χ2n) is 5.53. The molecule has 0 aromatic heterocycles. The Balaban J connectivity index is 2.80. The minimum atomic E-state index is -0.318. The molecule has 1 fully saturated rings. The van der Waals surface area contributed by atoms with Crippen LogP contribution in [0.5, 0.6) is 0 Å². The third kappa shape index (κ3) is 3.61. The molecule has 0 saturated heterocycles. The molecule has 1 rings (SSSR count). The van der Waals surface area contributed by atoms with E-state index >= 15 is 0 Å². The highest BCUT2D eigenvalue weighted by Gasteiger charge is 2.42. The Morgan fingerprint density at radius 2 is 1.74 bits per heavy atom. The van der Waals surface area contributed by atoms with Gasteiger partial charge >= 0.3 is 0 Å². The van der Waals surface area contributed by atoms with E-state index in [9.17, 15) is 4.79 Å². The average molecular weight is 268 g/mol. The number of rotatable bonds is 5. The molecule has 0 heterocycles. The van der Waals surface area contributed by atoms with Gasteiger partial charge in [-0.25, -0.2) is 0 Å². The van der Waals surface area contributed by atoms with Crippen LogP contribution in [0.1, 0.15) is 39.5 Å². The van der Waals surface area contributed by atoms with Gasteiger partial charge in [0.2, 0.25) is 5.91 Å². The molecule has 110 valence electrons. The Hall–Kier alpha value is -1.26. The minimum Gasteiger partial charge on any atom is -0.370 e. The Labute approximate surface area is 116 Å². The smallest absolute Gasteiger partial charge is 0.230 e. The molecule has 5 heteroatoms. The number of nitrogens with two attached hydrogens (primary N) is 1. The van der Waals surface area contributed by atoms with Gasteiger partial charge in [0.05, 0.1) is 12.0 Å². The quantitative estimate of drug-likeness (QED) is 0.604. The van der Waals surface area contributed by atoms with Crippen molar-refractivity contribution < 1.29 is 4.79 Å². The highest BCUT2D eigenvalue weighted by Crippen LogP contribution is 2.39. The van der Waals surface area contributed by atoms with E-state index in [1.807, 2.05) is 19.0 Å². The topological polar surface area (TPSA) is 61.9 Å².